The van der Waals surface area contributed by atoms with Gasteiger partial charge in [-0.2, -0.15) is 0 Å². The number of rotatable bonds is 5. The van der Waals surface area contributed by atoms with Gasteiger partial charge >= 0.3 is 0 Å². The lowest BCUT2D eigenvalue weighted by Crippen LogP contribution is -2.43. The molecule has 116 valence electrons. The van der Waals surface area contributed by atoms with Gasteiger partial charge in [-0.15, -0.1) is 0 Å². The molecule has 0 bridgehead atoms. The first-order valence-electron chi connectivity index (χ1n) is 7.20. The molecule has 1 amide bonds. The van der Waals surface area contributed by atoms with Crippen LogP contribution < -0.4 is 10.6 Å². The monoisotopic (exact) mass is 298 g/mol. The van der Waals surface area contributed by atoms with Crippen LogP contribution in [0.2, 0.25) is 0 Å². The lowest BCUT2D eigenvalue weighted by molar-refractivity contribution is -0.115. The summed E-state index contributed by atoms with van der Waals surface area (Å²) in [6.07, 6.45) is 3.96. The van der Waals surface area contributed by atoms with Crippen molar-refractivity contribution in [1.82, 2.24) is 5.32 Å². The van der Waals surface area contributed by atoms with E-state index in [1.54, 1.807) is 0 Å². The minimum absolute atomic E-state index is 0.0328. The van der Waals surface area contributed by atoms with E-state index in [0.29, 0.717) is 0 Å². The van der Waals surface area contributed by atoms with Crippen molar-refractivity contribution in [2.24, 2.45) is 5.92 Å². The molecule has 1 aliphatic carbocycles. The van der Waals surface area contributed by atoms with Crippen molar-refractivity contribution >= 4 is 11.6 Å². The van der Waals surface area contributed by atoms with Gasteiger partial charge in [-0.25, -0.2) is 8.78 Å². The van der Waals surface area contributed by atoms with Gasteiger partial charge in [-0.05, 0) is 30.9 Å². The largest absolute Gasteiger partial charge is 0.396 e. The zero-order valence-corrected chi connectivity index (χ0v) is 11.7. The van der Waals surface area contributed by atoms with Gasteiger partial charge in [0.2, 0.25) is 5.91 Å². The number of amides is 1. The van der Waals surface area contributed by atoms with Gasteiger partial charge in [0.05, 0.1) is 6.54 Å². The first-order chi connectivity index (χ1) is 10.1. The minimum atomic E-state index is -0.797. The number of anilines is 1. The highest BCUT2D eigenvalue weighted by Gasteiger charge is 2.24. The Hall–Kier alpha value is -1.53. The lowest BCUT2D eigenvalue weighted by atomic mass is 9.85. The summed E-state index contributed by atoms with van der Waals surface area (Å²) in [7, 11) is 0. The van der Waals surface area contributed by atoms with E-state index in [-0.39, 0.29) is 25.1 Å². The molecule has 1 aromatic carbocycles. The van der Waals surface area contributed by atoms with Crippen LogP contribution in [-0.4, -0.2) is 30.2 Å². The Morgan fingerprint density at radius 1 is 1.24 bits per heavy atom. The van der Waals surface area contributed by atoms with Crippen molar-refractivity contribution in [2.45, 2.75) is 31.7 Å². The van der Waals surface area contributed by atoms with Gasteiger partial charge in [0.15, 0.2) is 0 Å². The summed E-state index contributed by atoms with van der Waals surface area (Å²) in [6, 6.07) is 3.50. The molecule has 0 radical (unpaired) electrons. The number of nitrogens with one attached hydrogen (secondary N) is 2. The van der Waals surface area contributed by atoms with Crippen molar-refractivity contribution in [3.8, 4) is 0 Å². The first-order valence-corrected chi connectivity index (χ1v) is 7.20. The summed E-state index contributed by atoms with van der Waals surface area (Å²) >= 11 is 0. The van der Waals surface area contributed by atoms with E-state index in [2.05, 4.69) is 10.6 Å². The second kappa shape index (κ2) is 7.47. The van der Waals surface area contributed by atoms with E-state index in [0.717, 1.165) is 37.8 Å². The Bertz CT molecular complexity index is 476. The SMILES string of the molecule is O=C(CNC1CCCCC1CO)Nc1c(F)cccc1F. The molecular weight excluding hydrogens is 278 g/mol. The third kappa shape index (κ3) is 4.22. The molecule has 1 aliphatic rings. The molecule has 21 heavy (non-hydrogen) atoms. The summed E-state index contributed by atoms with van der Waals surface area (Å²) in [4.78, 5) is 11.8. The number of hydrogen-bond donors (Lipinski definition) is 3. The Morgan fingerprint density at radius 3 is 2.57 bits per heavy atom. The van der Waals surface area contributed by atoms with Crippen LogP contribution in [0.4, 0.5) is 14.5 Å². The molecule has 0 heterocycles. The molecule has 1 fully saturated rings. The van der Waals surface area contributed by atoms with Crippen LogP contribution in [0.1, 0.15) is 25.7 Å². The molecule has 0 saturated heterocycles. The van der Waals surface area contributed by atoms with Crippen LogP contribution in [0.15, 0.2) is 18.2 Å². The molecule has 2 atom stereocenters. The Balaban J connectivity index is 1.87. The van der Waals surface area contributed by atoms with Crippen LogP contribution in [-0.2, 0) is 4.79 Å². The maximum atomic E-state index is 13.4. The van der Waals surface area contributed by atoms with Crippen molar-refractivity contribution in [2.75, 3.05) is 18.5 Å². The summed E-state index contributed by atoms with van der Waals surface area (Å²) in [5.74, 6) is -1.96. The molecule has 2 rings (SSSR count). The van der Waals surface area contributed by atoms with E-state index in [1.165, 1.54) is 6.07 Å². The molecule has 3 N–H and O–H groups in total. The number of benzene rings is 1. The molecule has 0 aromatic heterocycles. The van der Waals surface area contributed by atoms with Gasteiger partial charge in [-0.1, -0.05) is 18.9 Å². The molecular formula is C15H20F2N2O2. The van der Waals surface area contributed by atoms with E-state index in [9.17, 15) is 18.7 Å². The number of carbonyl (C=O) groups is 1. The van der Waals surface area contributed by atoms with Gasteiger partial charge < -0.3 is 15.7 Å². The summed E-state index contributed by atoms with van der Waals surface area (Å²) in [6.45, 7) is 0.0518. The minimum Gasteiger partial charge on any atom is -0.396 e. The maximum Gasteiger partial charge on any atom is 0.238 e. The highest BCUT2D eigenvalue weighted by Crippen LogP contribution is 2.24. The van der Waals surface area contributed by atoms with Gasteiger partial charge in [0.25, 0.3) is 0 Å². The molecule has 6 heteroatoms. The second-order valence-electron chi connectivity index (χ2n) is 5.36. The van der Waals surface area contributed by atoms with Crippen molar-refractivity contribution in [1.29, 1.82) is 0 Å². The number of carbonyl (C=O) groups excluding carboxylic acids is 1. The molecule has 1 saturated carbocycles. The third-order valence-corrected chi connectivity index (χ3v) is 3.90. The fourth-order valence-corrected chi connectivity index (χ4v) is 2.72. The van der Waals surface area contributed by atoms with Crippen LogP contribution in [0.3, 0.4) is 0 Å². The van der Waals surface area contributed by atoms with Gasteiger partial charge in [0, 0.05) is 12.6 Å². The Morgan fingerprint density at radius 2 is 1.90 bits per heavy atom. The smallest absolute Gasteiger partial charge is 0.238 e. The zero-order chi connectivity index (χ0) is 15.2. The van der Waals surface area contributed by atoms with E-state index in [4.69, 9.17) is 0 Å². The zero-order valence-electron chi connectivity index (χ0n) is 11.7. The summed E-state index contributed by atoms with van der Waals surface area (Å²) in [5, 5.41) is 14.6. The van der Waals surface area contributed by atoms with E-state index < -0.39 is 23.2 Å². The van der Waals surface area contributed by atoms with Gasteiger partial charge in [-0.3, -0.25) is 4.79 Å². The van der Waals surface area contributed by atoms with Crippen LogP contribution in [0.25, 0.3) is 0 Å². The van der Waals surface area contributed by atoms with E-state index >= 15 is 0 Å². The highest BCUT2D eigenvalue weighted by atomic mass is 19.1. The summed E-state index contributed by atoms with van der Waals surface area (Å²) < 4.78 is 26.8. The van der Waals surface area contributed by atoms with Crippen LogP contribution in [0.5, 0.6) is 0 Å². The predicted molar refractivity (Wildman–Crippen MR) is 75.8 cm³/mol. The molecule has 2 unspecified atom stereocenters. The number of halogens is 2. The predicted octanol–water partition coefficient (Wildman–Crippen LogP) is 2.04. The number of para-hydroxylation sites is 1. The maximum absolute atomic E-state index is 13.4. The average Bonchev–Trinajstić information content (AvgIpc) is 2.49. The Labute approximate surface area is 122 Å². The van der Waals surface area contributed by atoms with E-state index in [1.807, 2.05) is 0 Å². The summed E-state index contributed by atoms with van der Waals surface area (Å²) in [5.41, 5.74) is -0.424. The number of hydrogen-bond acceptors (Lipinski definition) is 3. The highest BCUT2D eigenvalue weighted by molar-refractivity contribution is 5.92. The standard InChI is InChI=1S/C15H20F2N2O2/c16-11-5-3-6-12(17)15(11)19-14(21)8-18-13-7-2-1-4-10(13)9-20/h3,5-6,10,13,18,20H,1-2,4,7-9H2,(H,19,21). The molecule has 4 nitrogen and oxygen atoms in total. The number of aliphatic hydroxyl groups excluding tert-OH is 1. The molecule has 0 aliphatic heterocycles. The fourth-order valence-electron chi connectivity index (χ4n) is 2.72. The second-order valence-corrected chi connectivity index (χ2v) is 5.36. The molecule has 0 spiro atoms. The van der Waals surface area contributed by atoms with Crippen LogP contribution in [0, 0.1) is 17.6 Å². The fraction of sp³-hybridized carbons (Fsp3) is 0.533. The molecule has 1 aromatic rings. The van der Waals surface area contributed by atoms with Crippen molar-refractivity contribution in [3.05, 3.63) is 29.8 Å². The lowest BCUT2D eigenvalue weighted by Gasteiger charge is -2.30. The first kappa shape index (κ1) is 15.9. The number of aliphatic hydroxyl groups is 1. The average molecular weight is 298 g/mol. The third-order valence-electron chi connectivity index (χ3n) is 3.90. The topological polar surface area (TPSA) is 61.4 Å². The van der Waals surface area contributed by atoms with Crippen molar-refractivity contribution in [3.63, 3.8) is 0 Å². The quantitative estimate of drug-likeness (QED) is 0.779. The van der Waals surface area contributed by atoms with Gasteiger partial charge in [0.1, 0.15) is 17.3 Å². The Kier molecular flexibility index (Phi) is 5.64. The normalized spacial score (nSPS) is 22.0. The van der Waals surface area contributed by atoms with Crippen LogP contribution >= 0.6 is 0 Å². The van der Waals surface area contributed by atoms with Crippen molar-refractivity contribution < 1.29 is 18.7 Å².